The molecule has 1 unspecified atom stereocenters. The number of nitrogens with one attached hydrogen (secondary N) is 3. The van der Waals surface area contributed by atoms with E-state index < -0.39 is 0 Å². The Morgan fingerprint density at radius 1 is 1.38 bits per heavy atom. The Balaban J connectivity index is 2.34. The molecule has 2 aromatic rings. The number of nitrogens with zero attached hydrogens (tertiary/aromatic N) is 1. The van der Waals surface area contributed by atoms with E-state index in [0.29, 0.717) is 17.7 Å². The fourth-order valence-corrected chi connectivity index (χ4v) is 1.95. The summed E-state index contributed by atoms with van der Waals surface area (Å²) in [5.74, 6) is 0.666. The van der Waals surface area contributed by atoms with Gasteiger partial charge in [-0.15, -0.1) is 0 Å². The van der Waals surface area contributed by atoms with E-state index in [1.54, 1.807) is 6.07 Å². The maximum Gasteiger partial charge on any atom is 0.272 e. The van der Waals surface area contributed by atoms with Crippen molar-refractivity contribution in [3.63, 3.8) is 0 Å². The number of anilines is 2. The van der Waals surface area contributed by atoms with Crippen LogP contribution in [0, 0.1) is 0 Å². The molecule has 6 nitrogen and oxygen atoms in total. The van der Waals surface area contributed by atoms with Crippen LogP contribution in [0.15, 0.2) is 23.0 Å². The van der Waals surface area contributed by atoms with Crippen LogP contribution in [0.3, 0.4) is 0 Å². The highest BCUT2D eigenvalue weighted by Gasteiger charge is 2.19. The van der Waals surface area contributed by atoms with Crippen LogP contribution in [0.25, 0.3) is 10.8 Å². The van der Waals surface area contributed by atoms with Crippen molar-refractivity contribution in [3.8, 4) is 0 Å². The number of hydrogen-bond acceptors (Lipinski definition) is 5. The molecule has 0 aliphatic carbocycles. The van der Waals surface area contributed by atoms with Gasteiger partial charge in [-0.2, -0.15) is 5.10 Å². The molecule has 16 heavy (non-hydrogen) atoms. The molecule has 0 amide bonds. The molecule has 1 aliphatic heterocycles. The van der Waals surface area contributed by atoms with Gasteiger partial charge in [0.25, 0.3) is 5.56 Å². The zero-order valence-corrected chi connectivity index (χ0v) is 8.45. The van der Waals surface area contributed by atoms with Crippen LogP contribution in [-0.4, -0.2) is 22.9 Å². The summed E-state index contributed by atoms with van der Waals surface area (Å²) in [7, 11) is 0. The highest BCUT2D eigenvalue weighted by Crippen LogP contribution is 2.30. The van der Waals surface area contributed by atoms with Crippen LogP contribution in [0.4, 0.5) is 11.5 Å². The lowest BCUT2D eigenvalue weighted by Crippen LogP contribution is -2.39. The number of H-pyrrole nitrogens is 1. The Labute approximate surface area is 90.8 Å². The van der Waals surface area contributed by atoms with Crippen molar-refractivity contribution >= 4 is 22.3 Å². The van der Waals surface area contributed by atoms with Gasteiger partial charge < -0.3 is 16.4 Å². The first-order valence-electron chi connectivity index (χ1n) is 5.04. The molecule has 82 valence electrons. The summed E-state index contributed by atoms with van der Waals surface area (Å²) in [6.45, 7) is 0.441. The number of rotatable bonds is 1. The first-order chi connectivity index (χ1) is 7.79. The Morgan fingerprint density at radius 3 is 3.06 bits per heavy atom. The minimum Gasteiger partial charge on any atom is -0.364 e. The normalized spacial score (nSPS) is 17.9. The van der Waals surface area contributed by atoms with E-state index in [1.165, 1.54) is 0 Å². The van der Waals surface area contributed by atoms with E-state index in [0.717, 1.165) is 11.1 Å². The van der Waals surface area contributed by atoms with Gasteiger partial charge >= 0.3 is 0 Å². The number of nitrogens with two attached hydrogens (primary N) is 1. The van der Waals surface area contributed by atoms with Crippen molar-refractivity contribution in [2.75, 3.05) is 17.2 Å². The number of benzene rings is 1. The molecule has 3 rings (SSSR count). The first-order valence-corrected chi connectivity index (χ1v) is 5.04. The summed E-state index contributed by atoms with van der Waals surface area (Å²) >= 11 is 0. The lowest BCUT2D eigenvalue weighted by Gasteiger charge is -2.26. The SMILES string of the molecule is NCC1Nc2cccc3c(=O)[nH]nc(c23)N1. The van der Waals surface area contributed by atoms with Gasteiger partial charge in [-0.25, -0.2) is 5.10 Å². The molecule has 1 atom stereocenters. The van der Waals surface area contributed by atoms with Gasteiger partial charge in [0.15, 0.2) is 5.82 Å². The zero-order chi connectivity index (χ0) is 11.1. The molecule has 6 heteroatoms. The second-order valence-electron chi connectivity index (χ2n) is 3.71. The summed E-state index contributed by atoms with van der Waals surface area (Å²) in [5, 5.41) is 14.2. The number of aromatic amines is 1. The Morgan fingerprint density at radius 2 is 2.25 bits per heavy atom. The summed E-state index contributed by atoms with van der Waals surface area (Å²) in [4.78, 5) is 11.6. The standard InChI is InChI=1S/C10H11N5O/c11-4-7-12-6-3-1-2-5-8(6)9(13-7)14-15-10(5)16/h1-3,7,12H,4,11H2,(H,13,14)(H,15,16). The molecule has 5 N–H and O–H groups in total. The number of aromatic nitrogens is 2. The van der Waals surface area contributed by atoms with E-state index in [4.69, 9.17) is 5.73 Å². The van der Waals surface area contributed by atoms with E-state index in [1.807, 2.05) is 12.1 Å². The van der Waals surface area contributed by atoms with Crippen LogP contribution in [0.5, 0.6) is 0 Å². The predicted molar refractivity (Wildman–Crippen MR) is 62.5 cm³/mol. The minimum atomic E-state index is -0.185. The topological polar surface area (TPSA) is 95.8 Å². The van der Waals surface area contributed by atoms with Crippen LogP contribution in [0.2, 0.25) is 0 Å². The van der Waals surface area contributed by atoms with Crippen molar-refractivity contribution < 1.29 is 0 Å². The monoisotopic (exact) mass is 217 g/mol. The molecule has 0 bridgehead atoms. The van der Waals surface area contributed by atoms with Gasteiger partial charge in [0, 0.05) is 12.2 Å². The maximum absolute atomic E-state index is 11.6. The Hall–Kier alpha value is -2.08. The molecular weight excluding hydrogens is 206 g/mol. The predicted octanol–water partition coefficient (Wildman–Crippen LogP) is 0.0453. The quantitative estimate of drug-likeness (QED) is 0.541. The fraction of sp³-hybridized carbons (Fsp3) is 0.200. The second kappa shape index (κ2) is 3.21. The Bertz CT molecular complexity index is 593. The van der Waals surface area contributed by atoms with Crippen molar-refractivity contribution in [2.45, 2.75) is 6.17 Å². The number of hydrogen-bond donors (Lipinski definition) is 4. The molecule has 0 saturated carbocycles. The maximum atomic E-state index is 11.6. The van der Waals surface area contributed by atoms with Gasteiger partial charge in [0.1, 0.15) is 6.17 Å². The molecule has 0 spiro atoms. The van der Waals surface area contributed by atoms with Gasteiger partial charge in [-0.05, 0) is 12.1 Å². The van der Waals surface area contributed by atoms with Crippen LogP contribution in [-0.2, 0) is 0 Å². The molecule has 0 radical (unpaired) electrons. The molecule has 2 heterocycles. The highest BCUT2D eigenvalue weighted by atomic mass is 16.1. The second-order valence-corrected chi connectivity index (χ2v) is 3.71. The zero-order valence-electron chi connectivity index (χ0n) is 8.45. The van der Waals surface area contributed by atoms with Gasteiger partial charge in [0.05, 0.1) is 10.8 Å². The van der Waals surface area contributed by atoms with E-state index in [2.05, 4.69) is 20.8 Å². The molecular formula is C10H11N5O. The van der Waals surface area contributed by atoms with E-state index >= 15 is 0 Å². The third-order valence-corrected chi connectivity index (χ3v) is 2.69. The highest BCUT2D eigenvalue weighted by molar-refractivity contribution is 6.02. The van der Waals surface area contributed by atoms with Gasteiger partial charge in [0.2, 0.25) is 0 Å². The lowest BCUT2D eigenvalue weighted by molar-refractivity contribution is 0.800. The van der Waals surface area contributed by atoms with E-state index in [9.17, 15) is 4.79 Å². The molecule has 1 aromatic heterocycles. The lowest BCUT2D eigenvalue weighted by atomic mass is 10.1. The summed E-state index contributed by atoms with van der Waals surface area (Å²) in [5.41, 5.74) is 6.30. The van der Waals surface area contributed by atoms with Crippen molar-refractivity contribution in [3.05, 3.63) is 28.6 Å². The smallest absolute Gasteiger partial charge is 0.272 e. The molecule has 1 aromatic carbocycles. The van der Waals surface area contributed by atoms with Crippen molar-refractivity contribution in [1.82, 2.24) is 10.2 Å². The van der Waals surface area contributed by atoms with Gasteiger partial charge in [-0.3, -0.25) is 4.79 Å². The minimum absolute atomic E-state index is 0.0588. The van der Waals surface area contributed by atoms with Crippen LogP contribution >= 0.6 is 0 Å². The third kappa shape index (κ3) is 1.17. The first kappa shape index (κ1) is 9.17. The molecule has 1 aliphatic rings. The molecule has 0 fully saturated rings. The summed E-state index contributed by atoms with van der Waals surface area (Å²) in [6.07, 6.45) is -0.0588. The van der Waals surface area contributed by atoms with Crippen molar-refractivity contribution in [1.29, 1.82) is 0 Å². The van der Waals surface area contributed by atoms with Crippen LogP contribution in [0.1, 0.15) is 0 Å². The summed E-state index contributed by atoms with van der Waals surface area (Å²) < 4.78 is 0. The fourth-order valence-electron chi connectivity index (χ4n) is 1.95. The average molecular weight is 217 g/mol. The summed E-state index contributed by atoms with van der Waals surface area (Å²) in [6, 6.07) is 5.52. The third-order valence-electron chi connectivity index (χ3n) is 2.69. The largest absolute Gasteiger partial charge is 0.364 e. The van der Waals surface area contributed by atoms with Crippen LogP contribution < -0.4 is 21.9 Å². The average Bonchev–Trinajstić information content (AvgIpc) is 2.33. The van der Waals surface area contributed by atoms with Crippen molar-refractivity contribution in [2.24, 2.45) is 5.73 Å². The molecule has 0 saturated heterocycles. The van der Waals surface area contributed by atoms with E-state index in [-0.39, 0.29) is 11.7 Å². The van der Waals surface area contributed by atoms with Gasteiger partial charge in [-0.1, -0.05) is 6.07 Å². The Kier molecular flexibility index (Phi) is 1.84.